The predicted octanol–water partition coefficient (Wildman–Crippen LogP) is 4.47. The Kier molecular flexibility index (Phi) is 7.51. The lowest BCUT2D eigenvalue weighted by atomic mass is 10.1. The molecule has 1 aromatic carbocycles. The summed E-state index contributed by atoms with van der Waals surface area (Å²) in [4.78, 5) is 14.1. The normalized spacial score (nSPS) is 16.0. The van der Waals surface area contributed by atoms with Crippen LogP contribution in [0.3, 0.4) is 0 Å². The van der Waals surface area contributed by atoms with E-state index in [1.807, 2.05) is 36.9 Å². The van der Waals surface area contributed by atoms with Gasteiger partial charge in [0.15, 0.2) is 0 Å². The summed E-state index contributed by atoms with van der Waals surface area (Å²) < 4.78 is 5.71. The zero-order chi connectivity index (χ0) is 18.1. The van der Waals surface area contributed by atoms with Gasteiger partial charge in [0.1, 0.15) is 5.60 Å². The van der Waals surface area contributed by atoms with E-state index in [4.69, 9.17) is 4.74 Å². The van der Waals surface area contributed by atoms with Crippen LogP contribution < -0.4 is 5.32 Å². The maximum absolute atomic E-state index is 12.2. The van der Waals surface area contributed by atoms with Gasteiger partial charge < -0.3 is 15.0 Å². The molecule has 1 amide bonds. The summed E-state index contributed by atoms with van der Waals surface area (Å²) in [6, 6.07) is 10.3. The van der Waals surface area contributed by atoms with Crippen molar-refractivity contribution < 1.29 is 9.53 Å². The second-order valence-electron chi connectivity index (χ2n) is 7.50. The van der Waals surface area contributed by atoms with Crippen LogP contribution >= 0.6 is 0 Å². The van der Waals surface area contributed by atoms with Crippen LogP contribution in [0.2, 0.25) is 0 Å². The Balaban J connectivity index is 1.69. The molecule has 0 atom stereocenters. The smallest absolute Gasteiger partial charge is 0.410 e. The van der Waals surface area contributed by atoms with Crippen molar-refractivity contribution in [1.29, 1.82) is 0 Å². The SMILES string of the molecule is CC(=Cc1ccccc1)CNCCC(C)(C)OC(=O)N1CCCCC1. The molecule has 25 heavy (non-hydrogen) atoms. The number of nitrogens with zero attached hydrogens (tertiary/aromatic N) is 1. The van der Waals surface area contributed by atoms with Crippen molar-refractivity contribution in [2.45, 2.75) is 52.1 Å². The minimum atomic E-state index is -0.446. The van der Waals surface area contributed by atoms with Crippen LogP contribution in [-0.2, 0) is 4.74 Å². The Bertz CT molecular complexity index is 561. The summed E-state index contributed by atoms with van der Waals surface area (Å²) in [5, 5.41) is 3.44. The van der Waals surface area contributed by atoms with Gasteiger partial charge in [-0.05, 0) is 58.6 Å². The number of nitrogens with one attached hydrogen (secondary N) is 1. The van der Waals surface area contributed by atoms with Crippen LogP contribution in [0.4, 0.5) is 4.79 Å². The Morgan fingerprint density at radius 3 is 2.56 bits per heavy atom. The first kappa shape index (κ1) is 19.5. The molecule has 0 aliphatic carbocycles. The second-order valence-corrected chi connectivity index (χ2v) is 7.50. The molecule has 0 spiro atoms. The van der Waals surface area contributed by atoms with Crippen LogP contribution in [0.25, 0.3) is 6.08 Å². The summed E-state index contributed by atoms with van der Waals surface area (Å²) in [6.45, 7) is 9.42. The van der Waals surface area contributed by atoms with Gasteiger partial charge >= 0.3 is 6.09 Å². The molecule has 1 aromatic rings. The first-order valence-corrected chi connectivity index (χ1v) is 9.37. The minimum Gasteiger partial charge on any atom is -0.443 e. The molecular formula is C21H32N2O2. The third-order valence-corrected chi connectivity index (χ3v) is 4.50. The zero-order valence-electron chi connectivity index (χ0n) is 15.9. The highest BCUT2D eigenvalue weighted by Crippen LogP contribution is 2.18. The molecule has 0 aromatic heterocycles. The molecule has 1 heterocycles. The number of benzene rings is 1. The van der Waals surface area contributed by atoms with E-state index in [1.54, 1.807) is 0 Å². The van der Waals surface area contributed by atoms with E-state index in [0.717, 1.165) is 45.4 Å². The number of carbonyl (C=O) groups is 1. The molecule has 0 radical (unpaired) electrons. The Morgan fingerprint density at radius 2 is 1.88 bits per heavy atom. The maximum Gasteiger partial charge on any atom is 0.410 e. The van der Waals surface area contributed by atoms with Crippen molar-refractivity contribution in [2.24, 2.45) is 0 Å². The monoisotopic (exact) mass is 344 g/mol. The average molecular weight is 344 g/mol. The fourth-order valence-electron chi connectivity index (χ4n) is 2.99. The lowest BCUT2D eigenvalue weighted by Crippen LogP contribution is -2.41. The molecule has 138 valence electrons. The van der Waals surface area contributed by atoms with Crippen molar-refractivity contribution in [3.8, 4) is 0 Å². The van der Waals surface area contributed by atoms with E-state index in [0.29, 0.717) is 0 Å². The number of ether oxygens (including phenoxy) is 1. The third-order valence-electron chi connectivity index (χ3n) is 4.50. The van der Waals surface area contributed by atoms with E-state index in [2.05, 4.69) is 30.4 Å². The van der Waals surface area contributed by atoms with E-state index < -0.39 is 5.60 Å². The van der Waals surface area contributed by atoms with E-state index in [9.17, 15) is 4.79 Å². The Morgan fingerprint density at radius 1 is 1.20 bits per heavy atom. The quantitative estimate of drug-likeness (QED) is 0.742. The highest BCUT2D eigenvalue weighted by Gasteiger charge is 2.26. The molecule has 4 nitrogen and oxygen atoms in total. The topological polar surface area (TPSA) is 41.6 Å². The largest absolute Gasteiger partial charge is 0.443 e. The number of rotatable bonds is 7. The molecule has 0 saturated carbocycles. The van der Waals surface area contributed by atoms with Crippen LogP contribution in [0.1, 0.15) is 52.0 Å². The Labute approximate surface area is 152 Å². The second kappa shape index (κ2) is 9.62. The van der Waals surface area contributed by atoms with Gasteiger partial charge in [-0.3, -0.25) is 0 Å². The molecule has 1 fully saturated rings. The molecule has 1 aliphatic rings. The molecule has 1 N–H and O–H groups in total. The number of hydrogen-bond donors (Lipinski definition) is 1. The van der Waals surface area contributed by atoms with E-state index in [-0.39, 0.29) is 6.09 Å². The van der Waals surface area contributed by atoms with Gasteiger partial charge in [0.25, 0.3) is 0 Å². The third kappa shape index (κ3) is 7.30. The van der Waals surface area contributed by atoms with E-state index in [1.165, 1.54) is 17.6 Å². The number of likely N-dealkylation sites (tertiary alicyclic amines) is 1. The molecular weight excluding hydrogens is 312 g/mol. The van der Waals surface area contributed by atoms with Crippen LogP contribution in [-0.4, -0.2) is 42.8 Å². The van der Waals surface area contributed by atoms with Crippen molar-refractivity contribution in [2.75, 3.05) is 26.2 Å². The van der Waals surface area contributed by atoms with Gasteiger partial charge in [-0.15, -0.1) is 0 Å². The van der Waals surface area contributed by atoms with Gasteiger partial charge in [0.05, 0.1) is 0 Å². The predicted molar refractivity (Wildman–Crippen MR) is 104 cm³/mol. The van der Waals surface area contributed by atoms with Crippen molar-refractivity contribution in [1.82, 2.24) is 10.2 Å². The first-order valence-electron chi connectivity index (χ1n) is 9.37. The summed E-state index contributed by atoms with van der Waals surface area (Å²) in [5.41, 5.74) is 2.06. The zero-order valence-corrected chi connectivity index (χ0v) is 15.9. The number of amides is 1. The van der Waals surface area contributed by atoms with Crippen molar-refractivity contribution in [3.63, 3.8) is 0 Å². The number of carbonyl (C=O) groups excluding carboxylic acids is 1. The summed E-state index contributed by atoms with van der Waals surface area (Å²) in [7, 11) is 0. The highest BCUT2D eigenvalue weighted by molar-refractivity contribution is 5.68. The summed E-state index contributed by atoms with van der Waals surface area (Å²) in [5.74, 6) is 0. The van der Waals surface area contributed by atoms with Gasteiger partial charge in [0, 0.05) is 19.6 Å². The molecule has 1 aliphatic heterocycles. The summed E-state index contributed by atoms with van der Waals surface area (Å²) in [6.07, 6.45) is 6.21. The number of hydrogen-bond acceptors (Lipinski definition) is 3. The average Bonchev–Trinajstić information content (AvgIpc) is 2.60. The van der Waals surface area contributed by atoms with Gasteiger partial charge in [-0.25, -0.2) is 4.79 Å². The van der Waals surface area contributed by atoms with Crippen molar-refractivity contribution >= 4 is 12.2 Å². The molecule has 4 heteroatoms. The van der Waals surface area contributed by atoms with Crippen LogP contribution in [0.15, 0.2) is 35.9 Å². The maximum atomic E-state index is 12.2. The van der Waals surface area contributed by atoms with Crippen molar-refractivity contribution in [3.05, 3.63) is 41.5 Å². The fraction of sp³-hybridized carbons (Fsp3) is 0.571. The molecule has 0 bridgehead atoms. The fourth-order valence-corrected chi connectivity index (χ4v) is 2.99. The molecule has 1 saturated heterocycles. The lowest BCUT2D eigenvalue weighted by Gasteiger charge is -2.31. The van der Waals surface area contributed by atoms with Crippen LogP contribution in [0, 0.1) is 0 Å². The Hall–Kier alpha value is -1.81. The summed E-state index contributed by atoms with van der Waals surface area (Å²) >= 11 is 0. The lowest BCUT2D eigenvalue weighted by molar-refractivity contribution is 0.00605. The first-order chi connectivity index (χ1) is 12.0. The van der Waals surface area contributed by atoms with Crippen LogP contribution in [0.5, 0.6) is 0 Å². The van der Waals surface area contributed by atoms with Gasteiger partial charge in [0.2, 0.25) is 0 Å². The molecule has 2 rings (SSSR count). The standard InChI is InChI=1S/C21H32N2O2/c1-18(16-19-10-6-4-7-11-19)17-22-13-12-21(2,3)25-20(24)23-14-8-5-9-15-23/h4,6-7,10-11,16,22H,5,8-9,12-15,17H2,1-3H3. The minimum absolute atomic E-state index is 0.162. The highest BCUT2D eigenvalue weighted by atomic mass is 16.6. The van der Waals surface area contributed by atoms with Gasteiger partial charge in [-0.1, -0.05) is 42.0 Å². The van der Waals surface area contributed by atoms with Gasteiger partial charge in [-0.2, -0.15) is 0 Å². The van der Waals surface area contributed by atoms with E-state index >= 15 is 0 Å². The molecule has 0 unspecified atom stereocenters. The number of piperidine rings is 1.